The molecule has 5 heteroatoms. The molecule has 3 nitrogen and oxygen atoms in total. The fraction of sp³-hybridized carbons (Fsp3) is 0.0714. The highest BCUT2D eigenvalue weighted by atomic mass is 32.2. The lowest BCUT2D eigenvalue weighted by molar-refractivity contribution is 0.596. The second kappa shape index (κ2) is 5.50. The standard InChI is InChI=1S/C14H12O3S2/c1-11-2-6-13(7-3-11)19(16,17)14-8-4-12(5-9-14)10-18-15/h2-10H,1H3. The molecule has 0 aliphatic heterocycles. The molecule has 2 aromatic rings. The summed E-state index contributed by atoms with van der Waals surface area (Å²) in [5.41, 5.74) is 1.71. The molecule has 0 unspecified atom stereocenters. The van der Waals surface area contributed by atoms with Crippen molar-refractivity contribution in [1.29, 1.82) is 0 Å². The monoisotopic (exact) mass is 292 g/mol. The van der Waals surface area contributed by atoms with Crippen molar-refractivity contribution in [3.63, 3.8) is 0 Å². The van der Waals surface area contributed by atoms with Crippen LogP contribution >= 0.6 is 0 Å². The van der Waals surface area contributed by atoms with Gasteiger partial charge in [-0.2, -0.15) is 0 Å². The summed E-state index contributed by atoms with van der Waals surface area (Å²) in [4.78, 5) is 0.498. The van der Waals surface area contributed by atoms with Crippen molar-refractivity contribution in [3.8, 4) is 0 Å². The van der Waals surface area contributed by atoms with E-state index in [-0.39, 0.29) is 9.79 Å². The molecule has 0 saturated carbocycles. The Morgan fingerprint density at radius 1 is 0.895 bits per heavy atom. The van der Waals surface area contributed by atoms with Crippen molar-refractivity contribution in [1.82, 2.24) is 0 Å². The molecule has 0 heterocycles. The zero-order valence-electron chi connectivity index (χ0n) is 10.2. The predicted octanol–water partition coefficient (Wildman–Crippen LogP) is 2.19. The fourth-order valence-electron chi connectivity index (χ4n) is 1.63. The maximum Gasteiger partial charge on any atom is 0.206 e. The van der Waals surface area contributed by atoms with Crippen LogP contribution in [-0.2, 0) is 21.1 Å². The van der Waals surface area contributed by atoms with Crippen LogP contribution in [0.2, 0.25) is 0 Å². The Balaban J connectivity index is 2.44. The third kappa shape index (κ3) is 3.00. The molecular weight excluding hydrogens is 280 g/mol. The van der Waals surface area contributed by atoms with Crippen molar-refractivity contribution in [3.05, 3.63) is 59.7 Å². The van der Waals surface area contributed by atoms with E-state index in [0.717, 1.165) is 5.56 Å². The Kier molecular flexibility index (Phi) is 3.97. The zero-order valence-corrected chi connectivity index (χ0v) is 11.9. The molecule has 0 aromatic heterocycles. The molecule has 0 amide bonds. The van der Waals surface area contributed by atoms with Crippen molar-refractivity contribution >= 4 is 26.5 Å². The summed E-state index contributed by atoms with van der Waals surface area (Å²) in [5.74, 6) is 0. The summed E-state index contributed by atoms with van der Waals surface area (Å²) in [6, 6.07) is 13.0. The Bertz CT molecular complexity index is 723. The lowest BCUT2D eigenvalue weighted by atomic mass is 10.2. The first-order valence-electron chi connectivity index (χ1n) is 5.58. The van der Waals surface area contributed by atoms with Crippen LogP contribution in [0.1, 0.15) is 11.1 Å². The smallest absolute Gasteiger partial charge is 0.206 e. The van der Waals surface area contributed by atoms with Crippen molar-refractivity contribution < 1.29 is 12.6 Å². The first-order valence-corrected chi connectivity index (χ1v) is 7.86. The van der Waals surface area contributed by atoms with Gasteiger partial charge in [-0.3, -0.25) is 0 Å². The van der Waals surface area contributed by atoms with E-state index in [1.54, 1.807) is 36.4 Å². The largest absolute Gasteiger partial charge is 0.219 e. The van der Waals surface area contributed by atoms with Crippen LogP contribution in [0.4, 0.5) is 0 Å². The minimum absolute atomic E-state index is 0.226. The molecule has 19 heavy (non-hydrogen) atoms. The summed E-state index contributed by atoms with van der Waals surface area (Å²) in [7, 11) is -3.49. The van der Waals surface area contributed by atoms with Gasteiger partial charge in [0.2, 0.25) is 9.84 Å². The Hall–Kier alpha value is -1.72. The van der Waals surface area contributed by atoms with Gasteiger partial charge in [-0.25, -0.2) is 12.6 Å². The van der Waals surface area contributed by atoms with E-state index in [1.165, 1.54) is 17.5 Å². The van der Waals surface area contributed by atoms with Gasteiger partial charge < -0.3 is 0 Å². The SMILES string of the molecule is Cc1ccc(S(=O)(=O)c2ccc(C=S=O)cc2)cc1. The first kappa shape index (κ1) is 13.7. The molecule has 0 N–H and O–H groups in total. The van der Waals surface area contributed by atoms with Gasteiger partial charge in [0.25, 0.3) is 0 Å². The van der Waals surface area contributed by atoms with Crippen molar-refractivity contribution in [2.24, 2.45) is 0 Å². The van der Waals surface area contributed by atoms with E-state index >= 15 is 0 Å². The summed E-state index contributed by atoms with van der Waals surface area (Å²) >= 11 is 0.342. The topological polar surface area (TPSA) is 51.2 Å². The molecule has 0 aliphatic rings. The minimum atomic E-state index is -3.49. The Morgan fingerprint density at radius 2 is 1.37 bits per heavy atom. The molecule has 0 radical (unpaired) electrons. The number of hydrogen-bond acceptors (Lipinski definition) is 3. The molecule has 2 rings (SSSR count). The van der Waals surface area contributed by atoms with E-state index < -0.39 is 9.84 Å². The molecular formula is C14H12O3S2. The van der Waals surface area contributed by atoms with Crippen LogP contribution in [0.25, 0.3) is 0 Å². The molecule has 0 fully saturated rings. The lowest BCUT2D eigenvalue weighted by Crippen LogP contribution is -2.02. The second-order valence-corrected chi connectivity index (χ2v) is 6.48. The van der Waals surface area contributed by atoms with E-state index in [2.05, 4.69) is 0 Å². The highest BCUT2D eigenvalue weighted by Crippen LogP contribution is 2.21. The summed E-state index contributed by atoms with van der Waals surface area (Å²) in [6.45, 7) is 1.90. The number of aryl methyl sites for hydroxylation is 1. The molecule has 0 spiro atoms. The Morgan fingerprint density at radius 3 is 1.84 bits per heavy atom. The average Bonchev–Trinajstić information content (AvgIpc) is 2.40. The first-order chi connectivity index (χ1) is 9.04. The highest BCUT2D eigenvalue weighted by molar-refractivity contribution is 7.91. The van der Waals surface area contributed by atoms with E-state index in [9.17, 15) is 12.6 Å². The maximum atomic E-state index is 12.3. The quantitative estimate of drug-likeness (QED) is 0.815. The van der Waals surface area contributed by atoms with E-state index in [4.69, 9.17) is 0 Å². The number of sulfone groups is 1. The number of rotatable bonds is 3. The van der Waals surface area contributed by atoms with Gasteiger partial charge in [-0.05, 0) is 36.8 Å². The summed E-state index contributed by atoms with van der Waals surface area (Å²) in [6.07, 6.45) is 0. The summed E-state index contributed by atoms with van der Waals surface area (Å²) < 4.78 is 35.1. The van der Waals surface area contributed by atoms with Gasteiger partial charge >= 0.3 is 0 Å². The van der Waals surface area contributed by atoms with Gasteiger partial charge in [-0.15, -0.1) is 0 Å². The second-order valence-electron chi connectivity index (χ2n) is 4.10. The van der Waals surface area contributed by atoms with Crippen LogP contribution in [0.3, 0.4) is 0 Å². The zero-order chi connectivity index (χ0) is 13.9. The third-order valence-electron chi connectivity index (χ3n) is 2.71. The maximum absolute atomic E-state index is 12.3. The van der Waals surface area contributed by atoms with Crippen LogP contribution in [0.5, 0.6) is 0 Å². The van der Waals surface area contributed by atoms with Gasteiger partial charge in [0.05, 0.1) is 21.0 Å². The fourth-order valence-corrected chi connectivity index (χ4v) is 3.16. The normalized spacial score (nSPS) is 11.0. The third-order valence-corrected chi connectivity index (χ3v) is 4.86. The molecule has 0 bridgehead atoms. The highest BCUT2D eigenvalue weighted by Gasteiger charge is 2.16. The average molecular weight is 292 g/mol. The molecule has 0 saturated heterocycles. The molecule has 0 aliphatic carbocycles. The van der Waals surface area contributed by atoms with Crippen molar-refractivity contribution in [2.75, 3.05) is 0 Å². The van der Waals surface area contributed by atoms with Crippen LogP contribution in [-0.4, -0.2) is 18.0 Å². The van der Waals surface area contributed by atoms with Crippen LogP contribution in [0.15, 0.2) is 58.3 Å². The van der Waals surface area contributed by atoms with E-state index in [0.29, 0.717) is 16.8 Å². The number of hydrogen-bond donors (Lipinski definition) is 0. The summed E-state index contributed by atoms with van der Waals surface area (Å²) in [5, 5.41) is 1.42. The van der Waals surface area contributed by atoms with Gasteiger partial charge in [-0.1, -0.05) is 29.8 Å². The van der Waals surface area contributed by atoms with Crippen LogP contribution in [0, 0.1) is 6.92 Å². The number of benzene rings is 2. The van der Waals surface area contributed by atoms with E-state index in [1.807, 2.05) is 6.92 Å². The molecule has 0 atom stereocenters. The Labute approximate surface area is 115 Å². The molecule has 2 aromatic carbocycles. The molecule has 98 valence electrons. The van der Waals surface area contributed by atoms with Crippen molar-refractivity contribution in [2.45, 2.75) is 16.7 Å². The predicted molar refractivity (Wildman–Crippen MR) is 76.4 cm³/mol. The lowest BCUT2D eigenvalue weighted by Gasteiger charge is -2.05. The van der Waals surface area contributed by atoms with Gasteiger partial charge in [0.1, 0.15) is 0 Å². The minimum Gasteiger partial charge on any atom is -0.219 e. The van der Waals surface area contributed by atoms with Crippen LogP contribution < -0.4 is 0 Å². The van der Waals surface area contributed by atoms with Gasteiger partial charge in [0.15, 0.2) is 0 Å². The van der Waals surface area contributed by atoms with Gasteiger partial charge in [0, 0.05) is 5.37 Å².